The number of hydrogen-bond acceptors (Lipinski definition) is 2. The van der Waals surface area contributed by atoms with Gasteiger partial charge in [-0.3, -0.25) is 0 Å². The van der Waals surface area contributed by atoms with Gasteiger partial charge >= 0.3 is 0 Å². The Labute approximate surface area is 115 Å². The highest BCUT2D eigenvalue weighted by atomic mass is 35.5. The van der Waals surface area contributed by atoms with Gasteiger partial charge in [-0.15, -0.1) is 6.58 Å². The predicted octanol–water partition coefficient (Wildman–Crippen LogP) is 3.97. The largest absolute Gasteiger partial charge is 0.493 e. The smallest absolute Gasteiger partial charge is 0.122 e. The second-order valence-corrected chi connectivity index (χ2v) is 4.71. The van der Waals surface area contributed by atoms with Gasteiger partial charge < -0.3 is 10.5 Å². The Morgan fingerprint density at radius 2 is 2.11 bits per heavy atom. The van der Waals surface area contributed by atoms with Gasteiger partial charge in [0.15, 0.2) is 0 Å². The van der Waals surface area contributed by atoms with Crippen LogP contribution in [0.1, 0.15) is 31.2 Å². The van der Waals surface area contributed by atoms with Crippen LogP contribution in [0.3, 0.4) is 0 Å². The molecular formula is C15H22ClNO. The predicted molar refractivity (Wildman–Crippen MR) is 78.4 cm³/mol. The van der Waals surface area contributed by atoms with E-state index >= 15 is 0 Å². The van der Waals surface area contributed by atoms with E-state index in [2.05, 4.69) is 6.58 Å². The van der Waals surface area contributed by atoms with E-state index in [0.29, 0.717) is 6.54 Å². The Morgan fingerprint density at radius 1 is 1.28 bits per heavy atom. The highest BCUT2D eigenvalue weighted by Crippen LogP contribution is 2.23. The molecule has 0 spiro atoms. The number of halogens is 1. The molecule has 1 rings (SSSR count). The molecule has 0 aliphatic rings. The minimum atomic E-state index is 0.607. The van der Waals surface area contributed by atoms with Gasteiger partial charge in [0, 0.05) is 5.02 Å². The molecular weight excluding hydrogens is 246 g/mol. The van der Waals surface area contributed by atoms with Crippen LogP contribution in [0.25, 0.3) is 0 Å². The fraction of sp³-hybridized carbons (Fsp3) is 0.467. The van der Waals surface area contributed by atoms with Crippen molar-refractivity contribution >= 4 is 11.6 Å². The van der Waals surface area contributed by atoms with E-state index in [0.717, 1.165) is 42.2 Å². The molecule has 1 aromatic rings. The van der Waals surface area contributed by atoms with Gasteiger partial charge in [0.05, 0.1) is 6.61 Å². The lowest BCUT2D eigenvalue weighted by Gasteiger charge is -2.11. The van der Waals surface area contributed by atoms with Crippen LogP contribution in [-0.4, -0.2) is 13.2 Å². The van der Waals surface area contributed by atoms with E-state index in [9.17, 15) is 0 Å². The van der Waals surface area contributed by atoms with Crippen molar-refractivity contribution in [2.75, 3.05) is 13.2 Å². The number of nitrogens with two attached hydrogens (primary N) is 1. The van der Waals surface area contributed by atoms with E-state index in [-0.39, 0.29) is 0 Å². The van der Waals surface area contributed by atoms with Crippen LogP contribution < -0.4 is 10.5 Å². The van der Waals surface area contributed by atoms with Gasteiger partial charge in [-0.1, -0.05) is 17.7 Å². The Kier molecular flexibility index (Phi) is 7.54. The number of rotatable bonds is 9. The summed E-state index contributed by atoms with van der Waals surface area (Å²) in [6.45, 7) is 5.06. The third-order valence-corrected chi connectivity index (χ3v) is 2.98. The van der Waals surface area contributed by atoms with Crippen molar-refractivity contribution in [1.82, 2.24) is 0 Å². The fourth-order valence-corrected chi connectivity index (χ4v) is 1.98. The Morgan fingerprint density at radius 3 is 2.83 bits per heavy atom. The van der Waals surface area contributed by atoms with E-state index in [4.69, 9.17) is 22.1 Å². The first-order valence-corrected chi connectivity index (χ1v) is 6.88. The molecule has 1 aromatic carbocycles. The van der Waals surface area contributed by atoms with Crippen LogP contribution in [-0.2, 0) is 6.42 Å². The van der Waals surface area contributed by atoms with Gasteiger partial charge in [0.2, 0.25) is 0 Å². The summed E-state index contributed by atoms with van der Waals surface area (Å²) in [6, 6.07) is 5.72. The molecule has 0 radical (unpaired) electrons. The van der Waals surface area contributed by atoms with Gasteiger partial charge in [-0.2, -0.15) is 0 Å². The van der Waals surface area contributed by atoms with E-state index in [1.807, 2.05) is 24.3 Å². The Balaban J connectivity index is 2.38. The first-order chi connectivity index (χ1) is 8.77. The molecule has 2 N–H and O–H groups in total. The average molecular weight is 268 g/mol. The number of ether oxygens (including phenoxy) is 1. The quantitative estimate of drug-likeness (QED) is 0.543. The van der Waals surface area contributed by atoms with Gasteiger partial charge in [0.1, 0.15) is 5.75 Å². The van der Waals surface area contributed by atoms with Crippen molar-refractivity contribution in [3.05, 3.63) is 41.4 Å². The number of unbranched alkanes of at least 4 members (excludes halogenated alkanes) is 3. The molecule has 0 amide bonds. The third-order valence-electron chi connectivity index (χ3n) is 2.75. The van der Waals surface area contributed by atoms with Crippen LogP contribution in [0.4, 0.5) is 0 Å². The molecule has 0 aliphatic heterocycles. The summed E-state index contributed by atoms with van der Waals surface area (Å²) in [5, 5.41) is 0.733. The summed E-state index contributed by atoms with van der Waals surface area (Å²) >= 11 is 5.97. The van der Waals surface area contributed by atoms with E-state index < -0.39 is 0 Å². The molecule has 3 heteroatoms. The van der Waals surface area contributed by atoms with Crippen LogP contribution in [0.5, 0.6) is 5.75 Å². The molecule has 100 valence electrons. The van der Waals surface area contributed by atoms with Crippen molar-refractivity contribution in [3.8, 4) is 5.75 Å². The molecule has 0 atom stereocenters. The monoisotopic (exact) mass is 267 g/mol. The Hall–Kier alpha value is -0.990. The van der Waals surface area contributed by atoms with Crippen LogP contribution >= 0.6 is 11.6 Å². The number of allylic oxidation sites excluding steroid dienone is 1. The van der Waals surface area contributed by atoms with Crippen molar-refractivity contribution in [2.45, 2.75) is 32.1 Å². The van der Waals surface area contributed by atoms with Crippen molar-refractivity contribution in [3.63, 3.8) is 0 Å². The minimum absolute atomic E-state index is 0.607. The molecule has 0 saturated carbocycles. The molecule has 0 heterocycles. The molecule has 2 nitrogen and oxygen atoms in total. The van der Waals surface area contributed by atoms with Crippen LogP contribution in [0.2, 0.25) is 5.02 Å². The fourth-order valence-electron chi connectivity index (χ4n) is 1.79. The minimum Gasteiger partial charge on any atom is -0.493 e. The summed E-state index contributed by atoms with van der Waals surface area (Å²) in [6.07, 6.45) is 7.26. The molecule has 0 aliphatic carbocycles. The van der Waals surface area contributed by atoms with Crippen molar-refractivity contribution < 1.29 is 4.74 Å². The maximum atomic E-state index is 5.97. The zero-order valence-corrected chi connectivity index (χ0v) is 11.6. The lowest BCUT2D eigenvalue weighted by Crippen LogP contribution is -2.06. The zero-order chi connectivity index (χ0) is 13.2. The van der Waals surface area contributed by atoms with Gasteiger partial charge in [-0.25, -0.2) is 0 Å². The summed E-state index contributed by atoms with van der Waals surface area (Å²) in [5.74, 6) is 0.911. The highest BCUT2D eigenvalue weighted by Gasteiger charge is 2.04. The summed E-state index contributed by atoms with van der Waals surface area (Å²) in [4.78, 5) is 0. The topological polar surface area (TPSA) is 35.2 Å². The van der Waals surface area contributed by atoms with E-state index in [1.54, 1.807) is 0 Å². The normalized spacial score (nSPS) is 10.3. The molecule has 0 saturated heterocycles. The summed E-state index contributed by atoms with van der Waals surface area (Å²) in [5.41, 5.74) is 6.67. The molecule has 0 unspecified atom stereocenters. The average Bonchev–Trinajstić information content (AvgIpc) is 2.36. The van der Waals surface area contributed by atoms with Crippen LogP contribution in [0, 0.1) is 0 Å². The molecule has 0 aromatic heterocycles. The second-order valence-electron chi connectivity index (χ2n) is 4.28. The maximum absolute atomic E-state index is 5.97. The summed E-state index contributed by atoms with van der Waals surface area (Å²) < 4.78 is 5.78. The first kappa shape index (κ1) is 15.1. The maximum Gasteiger partial charge on any atom is 0.122 e. The molecule has 0 bridgehead atoms. The lowest BCUT2D eigenvalue weighted by molar-refractivity contribution is 0.302. The summed E-state index contributed by atoms with van der Waals surface area (Å²) in [7, 11) is 0. The third kappa shape index (κ3) is 5.56. The molecule has 18 heavy (non-hydrogen) atoms. The second kappa shape index (κ2) is 9.01. The van der Waals surface area contributed by atoms with Gasteiger partial charge in [-0.05, 0) is 62.4 Å². The SMILES string of the molecule is C=CCCCCCOc1ccc(Cl)cc1CCN. The lowest BCUT2D eigenvalue weighted by atomic mass is 10.1. The standard InChI is InChI=1S/C15H22ClNO/c1-2-3-4-5-6-11-18-15-8-7-14(16)12-13(15)9-10-17/h2,7-8,12H,1,3-6,9-11,17H2. The Bertz CT molecular complexity index is 366. The van der Waals surface area contributed by atoms with Crippen molar-refractivity contribution in [2.24, 2.45) is 5.73 Å². The first-order valence-electron chi connectivity index (χ1n) is 6.50. The number of benzene rings is 1. The molecule has 0 fully saturated rings. The highest BCUT2D eigenvalue weighted by molar-refractivity contribution is 6.30. The number of hydrogen-bond donors (Lipinski definition) is 1. The van der Waals surface area contributed by atoms with Crippen molar-refractivity contribution in [1.29, 1.82) is 0 Å². The zero-order valence-electron chi connectivity index (χ0n) is 10.8. The van der Waals surface area contributed by atoms with E-state index in [1.165, 1.54) is 12.8 Å². The van der Waals surface area contributed by atoms with Crippen LogP contribution in [0.15, 0.2) is 30.9 Å². The van der Waals surface area contributed by atoms with Gasteiger partial charge in [0.25, 0.3) is 0 Å².